The van der Waals surface area contributed by atoms with Crippen molar-refractivity contribution in [3.05, 3.63) is 23.7 Å². The predicted octanol–water partition coefficient (Wildman–Crippen LogP) is 2.08. The summed E-state index contributed by atoms with van der Waals surface area (Å²) in [5, 5.41) is 7.55. The smallest absolute Gasteiger partial charge is 0.256 e. The second-order valence-electron chi connectivity index (χ2n) is 5.62. The maximum Gasteiger partial charge on any atom is 0.256 e. The highest BCUT2D eigenvalue weighted by atomic mass is 35.5. The number of ether oxygens (including phenoxy) is 1. The second kappa shape index (κ2) is 5.57. The molecule has 0 radical (unpaired) electrons. The molecule has 7 nitrogen and oxygen atoms in total. The van der Waals surface area contributed by atoms with Crippen LogP contribution in [0.5, 0.6) is 0 Å². The summed E-state index contributed by atoms with van der Waals surface area (Å²) in [4.78, 5) is 12.6. The number of aromatic nitrogens is 5. The predicted molar refractivity (Wildman–Crippen MR) is 78.6 cm³/mol. The maximum atomic E-state index is 5.97. The van der Waals surface area contributed by atoms with Crippen molar-refractivity contribution in [1.82, 2.24) is 24.7 Å². The van der Waals surface area contributed by atoms with Crippen LogP contribution in [0, 0.1) is 0 Å². The van der Waals surface area contributed by atoms with Crippen molar-refractivity contribution in [3.63, 3.8) is 0 Å². The van der Waals surface area contributed by atoms with E-state index in [2.05, 4.69) is 39.2 Å². The van der Waals surface area contributed by atoms with Crippen LogP contribution in [0.3, 0.4) is 0 Å². The lowest BCUT2D eigenvalue weighted by Gasteiger charge is -2.35. The molecule has 1 aliphatic rings. The fraction of sp³-hybridized carbons (Fsp3) is 0.538. The third-order valence-electron chi connectivity index (χ3n) is 3.34. The highest BCUT2D eigenvalue weighted by Crippen LogP contribution is 2.25. The van der Waals surface area contributed by atoms with Gasteiger partial charge in [0.25, 0.3) is 5.95 Å². The Morgan fingerprint density at radius 2 is 2.24 bits per heavy atom. The maximum absolute atomic E-state index is 5.97. The monoisotopic (exact) mass is 308 g/mol. The number of halogens is 1. The van der Waals surface area contributed by atoms with Crippen LogP contribution in [-0.2, 0) is 4.74 Å². The molecule has 1 N–H and O–H groups in total. The third-order valence-corrected chi connectivity index (χ3v) is 3.50. The number of nitrogens with zero attached hydrogens (tertiary/aromatic N) is 5. The summed E-state index contributed by atoms with van der Waals surface area (Å²) in [6.07, 6.45) is 5.20. The third kappa shape index (κ3) is 3.48. The minimum absolute atomic E-state index is 0.141. The second-order valence-corrected chi connectivity index (χ2v) is 5.96. The largest absolute Gasteiger partial charge is 0.375 e. The van der Waals surface area contributed by atoms with Crippen molar-refractivity contribution in [2.24, 2.45) is 0 Å². The van der Waals surface area contributed by atoms with Gasteiger partial charge in [-0.2, -0.15) is 20.1 Å². The van der Waals surface area contributed by atoms with Crippen LogP contribution in [0.1, 0.15) is 26.7 Å². The van der Waals surface area contributed by atoms with Gasteiger partial charge in [-0.25, -0.2) is 4.68 Å². The van der Waals surface area contributed by atoms with E-state index in [0.29, 0.717) is 11.9 Å². The van der Waals surface area contributed by atoms with Crippen molar-refractivity contribution in [2.75, 3.05) is 11.9 Å². The zero-order chi connectivity index (χ0) is 14.9. The summed E-state index contributed by atoms with van der Waals surface area (Å²) in [5.41, 5.74) is -0.141. The van der Waals surface area contributed by atoms with Crippen LogP contribution < -0.4 is 5.32 Å². The lowest BCUT2D eigenvalue weighted by atomic mass is 9.94. The highest BCUT2D eigenvalue weighted by Gasteiger charge is 2.29. The van der Waals surface area contributed by atoms with E-state index in [9.17, 15) is 0 Å². The first-order chi connectivity index (χ1) is 10.0. The van der Waals surface area contributed by atoms with Gasteiger partial charge in [0.05, 0.1) is 5.60 Å². The molecule has 2 aromatic rings. The van der Waals surface area contributed by atoms with E-state index in [4.69, 9.17) is 16.3 Å². The normalized spacial score (nSPS) is 21.2. The number of hydrogen-bond acceptors (Lipinski definition) is 6. The molecule has 1 fully saturated rings. The highest BCUT2D eigenvalue weighted by molar-refractivity contribution is 6.28. The average molecular weight is 309 g/mol. The fourth-order valence-electron chi connectivity index (χ4n) is 2.43. The molecule has 112 valence electrons. The quantitative estimate of drug-likeness (QED) is 0.935. The molecule has 0 amide bonds. The van der Waals surface area contributed by atoms with E-state index in [1.54, 1.807) is 23.1 Å². The molecule has 1 unspecified atom stereocenters. The Morgan fingerprint density at radius 1 is 1.38 bits per heavy atom. The summed E-state index contributed by atoms with van der Waals surface area (Å²) in [5.74, 6) is 0.858. The number of anilines is 1. The molecule has 0 aromatic carbocycles. The van der Waals surface area contributed by atoms with E-state index < -0.39 is 0 Å². The Balaban J connectivity index is 1.79. The van der Waals surface area contributed by atoms with Crippen molar-refractivity contribution < 1.29 is 4.74 Å². The first-order valence-electron chi connectivity index (χ1n) is 6.84. The number of rotatable bonds is 3. The van der Waals surface area contributed by atoms with Gasteiger partial charge in [0.1, 0.15) is 0 Å². The van der Waals surface area contributed by atoms with Gasteiger partial charge in [0, 0.05) is 25.0 Å². The molecular weight excluding hydrogens is 292 g/mol. The van der Waals surface area contributed by atoms with Crippen molar-refractivity contribution in [2.45, 2.75) is 38.3 Å². The molecule has 2 aromatic heterocycles. The van der Waals surface area contributed by atoms with Gasteiger partial charge in [-0.1, -0.05) is 0 Å². The Labute approximate surface area is 127 Å². The van der Waals surface area contributed by atoms with Crippen LogP contribution in [0.2, 0.25) is 5.28 Å². The molecule has 8 heteroatoms. The molecule has 3 heterocycles. The van der Waals surface area contributed by atoms with Gasteiger partial charge >= 0.3 is 0 Å². The van der Waals surface area contributed by atoms with Crippen LogP contribution in [0.4, 0.5) is 5.95 Å². The van der Waals surface area contributed by atoms with Crippen LogP contribution >= 0.6 is 11.6 Å². The topological polar surface area (TPSA) is 77.8 Å². The van der Waals surface area contributed by atoms with Gasteiger partial charge < -0.3 is 10.1 Å². The average Bonchev–Trinajstić information content (AvgIpc) is 2.90. The van der Waals surface area contributed by atoms with Gasteiger partial charge in [-0.3, -0.25) is 0 Å². The molecule has 0 bridgehead atoms. The summed E-state index contributed by atoms with van der Waals surface area (Å²) in [6, 6.07) is 2.05. The Hall–Kier alpha value is -1.73. The molecule has 1 aliphatic heterocycles. The first-order valence-corrected chi connectivity index (χ1v) is 7.22. The lowest BCUT2D eigenvalue weighted by molar-refractivity contribution is -0.0553. The van der Waals surface area contributed by atoms with Crippen molar-refractivity contribution in [1.29, 1.82) is 0 Å². The summed E-state index contributed by atoms with van der Waals surface area (Å²) < 4.78 is 7.25. The molecule has 21 heavy (non-hydrogen) atoms. The van der Waals surface area contributed by atoms with Crippen LogP contribution in [-0.4, -0.2) is 43.0 Å². The van der Waals surface area contributed by atoms with Gasteiger partial charge in [-0.15, -0.1) is 0 Å². The molecular formula is C13H17ClN6O. The van der Waals surface area contributed by atoms with Crippen LogP contribution in [0.25, 0.3) is 5.95 Å². The number of hydrogen-bond donors (Lipinski definition) is 1. The minimum Gasteiger partial charge on any atom is -0.375 e. The van der Waals surface area contributed by atoms with E-state index in [-0.39, 0.29) is 16.9 Å². The molecule has 1 saturated heterocycles. The van der Waals surface area contributed by atoms with E-state index in [0.717, 1.165) is 19.4 Å². The lowest BCUT2D eigenvalue weighted by Crippen LogP contribution is -2.40. The standard InChI is InChI=1S/C13H17ClN6O/c1-13(2)8-9(4-7-21-13)16-11-17-10(14)18-12(19-11)20-6-3-5-15-20/h3,5-6,9H,4,7-8H2,1-2H3,(H,16,17,18,19). The van der Waals surface area contributed by atoms with E-state index in [1.807, 2.05) is 0 Å². The minimum atomic E-state index is -0.141. The van der Waals surface area contributed by atoms with Crippen molar-refractivity contribution in [3.8, 4) is 5.95 Å². The summed E-state index contributed by atoms with van der Waals surface area (Å²) in [7, 11) is 0. The van der Waals surface area contributed by atoms with Crippen LogP contribution in [0.15, 0.2) is 18.5 Å². The Kier molecular flexibility index (Phi) is 3.77. The molecule has 3 rings (SSSR count). The number of nitrogens with one attached hydrogen (secondary N) is 1. The first kappa shape index (κ1) is 14.2. The molecule has 0 saturated carbocycles. The van der Waals surface area contributed by atoms with E-state index >= 15 is 0 Å². The zero-order valence-electron chi connectivity index (χ0n) is 12.0. The Morgan fingerprint density at radius 3 is 2.95 bits per heavy atom. The summed E-state index contributed by atoms with van der Waals surface area (Å²) in [6.45, 7) is 4.88. The molecule has 1 atom stereocenters. The molecule has 0 spiro atoms. The fourth-order valence-corrected chi connectivity index (χ4v) is 2.59. The zero-order valence-corrected chi connectivity index (χ0v) is 12.7. The van der Waals surface area contributed by atoms with Gasteiger partial charge in [0.15, 0.2) is 0 Å². The Bertz CT molecular complexity index is 615. The van der Waals surface area contributed by atoms with Gasteiger partial charge in [0.2, 0.25) is 11.2 Å². The van der Waals surface area contributed by atoms with Gasteiger partial charge in [-0.05, 0) is 44.4 Å². The summed E-state index contributed by atoms with van der Waals surface area (Å²) >= 11 is 5.97. The SMILES string of the molecule is CC1(C)CC(Nc2nc(Cl)nc(-n3cccn3)n2)CCO1. The van der Waals surface area contributed by atoms with E-state index in [1.165, 1.54) is 0 Å². The van der Waals surface area contributed by atoms with Crippen molar-refractivity contribution >= 4 is 17.5 Å². The molecule has 0 aliphatic carbocycles.